The van der Waals surface area contributed by atoms with Crippen LogP contribution in [0.25, 0.3) is 0 Å². The Balaban J connectivity index is 0.00000256. The largest absolute Gasteiger partial charge is 0.356 e. The lowest BCUT2D eigenvalue weighted by Gasteiger charge is -2.25. The Bertz CT molecular complexity index is 217. The number of nitrogens with two attached hydrogens (primary N) is 1. The summed E-state index contributed by atoms with van der Waals surface area (Å²) in [4.78, 5) is 11.8. The summed E-state index contributed by atoms with van der Waals surface area (Å²) in [5.74, 6) is 1.58. The van der Waals surface area contributed by atoms with Gasteiger partial charge in [-0.05, 0) is 44.1 Å². The summed E-state index contributed by atoms with van der Waals surface area (Å²) in [6.45, 7) is 0.825. The molecule has 1 fully saturated rings. The summed E-state index contributed by atoms with van der Waals surface area (Å²) in [6, 6.07) is 0.237. The number of carbonyl (C=O) groups is 1. The average Bonchev–Trinajstić information content (AvgIpc) is 2.28. The second-order valence-electron chi connectivity index (χ2n) is 4.61. The molecule has 2 unspecified atom stereocenters. The molecule has 1 aliphatic rings. The molecule has 0 aliphatic heterocycles. The lowest BCUT2D eigenvalue weighted by Crippen LogP contribution is -2.38. The van der Waals surface area contributed by atoms with E-state index in [1.165, 1.54) is 12.2 Å². The van der Waals surface area contributed by atoms with Crippen LogP contribution in [-0.4, -0.2) is 30.5 Å². The molecule has 1 aliphatic carbocycles. The number of amides is 1. The molecule has 1 amide bonds. The first kappa shape index (κ1) is 17.1. The Hall–Kier alpha value is 0.0700. The van der Waals surface area contributed by atoms with Gasteiger partial charge in [-0.15, -0.1) is 12.4 Å². The van der Waals surface area contributed by atoms with E-state index < -0.39 is 0 Å². The molecule has 5 heteroatoms. The van der Waals surface area contributed by atoms with E-state index in [4.69, 9.17) is 5.73 Å². The molecule has 3 N–H and O–H groups in total. The third-order valence-corrected chi connectivity index (χ3v) is 3.86. The van der Waals surface area contributed by atoms with E-state index in [0.29, 0.717) is 0 Å². The fourth-order valence-electron chi connectivity index (χ4n) is 2.19. The normalized spacial score (nSPS) is 23.9. The van der Waals surface area contributed by atoms with Gasteiger partial charge in [0.25, 0.3) is 0 Å². The van der Waals surface area contributed by atoms with Crippen molar-refractivity contribution in [2.45, 2.75) is 44.6 Å². The molecule has 0 aromatic heterocycles. The van der Waals surface area contributed by atoms with Gasteiger partial charge in [0.05, 0.1) is 0 Å². The number of halogens is 1. The lowest BCUT2D eigenvalue weighted by molar-refractivity contribution is -0.126. The zero-order chi connectivity index (χ0) is 11.8. The van der Waals surface area contributed by atoms with Crippen LogP contribution in [0.3, 0.4) is 0 Å². The van der Waals surface area contributed by atoms with Gasteiger partial charge in [0.2, 0.25) is 5.91 Å². The minimum atomic E-state index is 0. The van der Waals surface area contributed by atoms with E-state index in [1.54, 1.807) is 0 Å². The zero-order valence-electron chi connectivity index (χ0n) is 10.6. The number of carbonyl (C=O) groups excluding carboxylic acids is 1. The third kappa shape index (κ3) is 7.17. The standard InChI is InChI=1S/C12H24N2OS.ClH/c1-16-8-3-2-7-14-12(15)10-5-4-6-11(13)9-10;/h10-11H,2-9,13H2,1H3,(H,14,15);1H. The molecular formula is C12H25ClN2OS. The number of thioether (sulfide) groups is 1. The van der Waals surface area contributed by atoms with Gasteiger partial charge in [-0.1, -0.05) is 6.42 Å². The molecule has 2 atom stereocenters. The molecule has 0 spiro atoms. The molecule has 3 nitrogen and oxygen atoms in total. The molecule has 0 saturated heterocycles. The molecule has 0 aromatic rings. The van der Waals surface area contributed by atoms with Crippen molar-refractivity contribution < 1.29 is 4.79 Å². The smallest absolute Gasteiger partial charge is 0.223 e. The predicted molar refractivity (Wildman–Crippen MR) is 77.8 cm³/mol. The van der Waals surface area contributed by atoms with Crippen molar-refractivity contribution in [3.05, 3.63) is 0 Å². The zero-order valence-corrected chi connectivity index (χ0v) is 12.2. The Morgan fingerprint density at radius 3 is 2.82 bits per heavy atom. The quantitative estimate of drug-likeness (QED) is 0.734. The van der Waals surface area contributed by atoms with Crippen LogP contribution in [0.5, 0.6) is 0 Å². The third-order valence-electron chi connectivity index (χ3n) is 3.16. The topological polar surface area (TPSA) is 55.1 Å². The van der Waals surface area contributed by atoms with E-state index in [2.05, 4.69) is 11.6 Å². The number of hydrogen-bond donors (Lipinski definition) is 2. The van der Waals surface area contributed by atoms with Crippen molar-refractivity contribution >= 4 is 30.1 Å². The summed E-state index contributed by atoms with van der Waals surface area (Å²) < 4.78 is 0. The number of nitrogens with one attached hydrogen (secondary N) is 1. The van der Waals surface area contributed by atoms with E-state index >= 15 is 0 Å². The molecule has 0 aromatic carbocycles. The molecular weight excluding hydrogens is 256 g/mol. The van der Waals surface area contributed by atoms with Crippen LogP contribution >= 0.6 is 24.2 Å². The van der Waals surface area contributed by atoms with Crippen LogP contribution in [0, 0.1) is 5.92 Å². The molecule has 0 heterocycles. The minimum Gasteiger partial charge on any atom is -0.356 e. The maximum atomic E-state index is 11.8. The summed E-state index contributed by atoms with van der Waals surface area (Å²) in [5.41, 5.74) is 5.87. The van der Waals surface area contributed by atoms with Crippen LogP contribution < -0.4 is 11.1 Å². The first-order chi connectivity index (χ1) is 7.74. The van der Waals surface area contributed by atoms with E-state index in [9.17, 15) is 4.79 Å². The first-order valence-electron chi connectivity index (χ1n) is 6.26. The van der Waals surface area contributed by atoms with Crippen LogP contribution in [0.4, 0.5) is 0 Å². The first-order valence-corrected chi connectivity index (χ1v) is 7.65. The predicted octanol–water partition coefficient (Wildman–Crippen LogP) is 2.19. The van der Waals surface area contributed by atoms with Crippen LogP contribution in [0.15, 0.2) is 0 Å². The van der Waals surface area contributed by atoms with Gasteiger partial charge >= 0.3 is 0 Å². The van der Waals surface area contributed by atoms with Gasteiger partial charge in [-0.3, -0.25) is 4.79 Å². The molecule has 0 bridgehead atoms. The fraction of sp³-hybridized carbons (Fsp3) is 0.917. The number of rotatable bonds is 6. The molecule has 1 rings (SSSR count). The highest BCUT2D eigenvalue weighted by Crippen LogP contribution is 2.22. The molecule has 1 saturated carbocycles. The Morgan fingerprint density at radius 1 is 1.41 bits per heavy atom. The Morgan fingerprint density at radius 2 is 2.18 bits per heavy atom. The van der Waals surface area contributed by atoms with Gasteiger partial charge < -0.3 is 11.1 Å². The van der Waals surface area contributed by atoms with Crippen LogP contribution in [-0.2, 0) is 4.79 Å². The monoisotopic (exact) mass is 280 g/mol. The summed E-state index contributed by atoms with van der Waals surface area (Å²) in [5, 5.41) is 3.03. The fourth-order valence-corrected chi connectivity index (χ4v) is 2.69. The SMILES string of the molecule is CSCCCCNC(=O)C1CCCC(N)C1.Cl. The molecule has 102 valence electrons. The summed E-state index contributed by atoms with van der Waals surface area (Å²) in [7, 11) is 0. The van der Waals surface area contributed by atoms with Crippen LogP contribution in [0.2, 0.25) is 0 Å². The second kappa shape index (κ2) is 10.0. The van der Waals surface area contributed by atoms with Gasteiger partial charge in [-0.2, -0.15) is 11.8 Å². The van der Waals surface area contributed by atoms with Gasteiger partial charge in [0.1, 0.15) is 0 Å². The maximum absolute atomic E-state index is 11.8. The van der Waals surface area contributed by atoms with Crippen molar-refractivity contribution in [2.24, 2.45) is 11.7 Å². The maximum Gasteiger partial charge on any atom is 0.223 e. The van der Waals surface area contributed by atoms with Gasteiger partial charge in [0.15, 0.2) is 0 Å². The van der Waals surface area contributed by atoms with Crippen molar-refractivity contribution in [3.8, 4) is 0 Å². The van der Waals surface area contributed by atoms with Gasteiger partial charge in [0, 0.05) is 18.5 Å². The van der Waals surface area contributed by atoms with Crippen molar-refractivity contribution in [1.29, 1.82) is 0 Å². The van der Waals surface area contributed by atoms with Crippen molar-refractivity contribution in [1.82, 2.24) is 5.32 Å². The van der Waals surface area contributed by atoms with E-state index in [0.717, 1.165) is 38.6 Å². The highest BCUT2D eigenvalue weighted by molar-refractivity contribution is 7.98. The molecule has 0 radical (unpaired) electrons. The van der Waals surface area contributed by atoms with Crippen molar-refractivity contribution in [3.63, 3.8) is 0 Å². The highest BCUT2D eigenvalue weighted by Gasteiger charge is 2.24. The minimum absolute atomic E-state index is 0. The van der Waals surface area contributed by atoms with Crippen molar-refractivity contribution in [2.75, 3.05) is 18.6 Å². The lowest BCUT2D eigenvalue weighted by atomic mass is 9.85. The number of unbranched alkanes of at least 4 members (excludes halogenated alkanes) is 1. The van der Waals surface area contributed by atoms with E-state index in [1.807, 2.05) is 11.8 Å². The average molecular weight is 281 g/mol. The summed E-state index contributed by atoms with van der Waals surface area (Å²) in [6.07, 6.45) is 8.46. The van der Waals surface area contributed by atoms with E-state index in [-0.39, 0.29) is 30.3 Å². The number of hydrogen-bond acceptors (Lipinski definition) is 3. The highest BCUT2D eigenvalue weighted by atomic mass is 35.5. The van der Waals surface area contributed by atoms with Crippen LogP contribution in [0.1, 0.15) is 38.5 Å². The molecule has 17 heavy (non-hydrogen) atoms. The second-order valence-corrected chi connectivity index (χ2v) is 5.60. The Labute approximate surface area is 115 Å². The Kier molecular flexibility index (Phi) is 10.1. The van der Waals surface area contributed by atoms with Gasteiger partial charge in [-0.25, -0.2) is 0 Å². The summed E-state index contributed by atoms with van der Waals surface area (Å²) >= 11 is 1.86.